The third-order valence-electron chi connectivity index (χ3n) is 5.04. The van der Waals surface area contributed by atoms with Crippen LogP contribution in [0.3, 0.4) is 0 Å². The number of primary amides is 1. The maximum Gasteiger partial charge on any atom is 0.237 e. The number of nitrogens with two attached hydrogens (primary N) is 1. The van der Waals surface area contributed by atoms with Crippen LogP contribution < -0.4 is 11.1 Å². The van der Waals surface area contributed by atoms with Crippen molar-refractivity contribution in [3.8, 4) is 0 Å². The van der Waals surface area contributed by atoms with E-state index in [2.05, 4.69) is 12.2 Å². The summed E-state index contributed by atoms with van der Waals surface area (Å²) in [6.45, 7) is 3.93. The van der Waals surface area contributed by atoms with Crippen LogP contribution in [0.2, 0.25) is 0 Å². The van der Waals surface area contributed by atoms with Gasteiger partial charge in [0.15, 0.2) is 0 Å². The quantitative estimate of drug-likeness (QED) is 0.790. The van der Waals surface area contributed by atoms with Gasteiger partial charge in [-0.2, -0.15) is 0 Å². The lowest BCUT2D eigenvalue weighted by Crippen LogP contribution is -2.53. The normalized spacial score (nSPS) is 22.6. The highest BCUT2D eigenvalue weighted by molar-refractivity contribution is 5.87. The van der Waals surface area contributed by atoms with Crippen molar-refractivity contribution >= 4 is 11.8 Å². The molecule has 3 N–H and O–H groups in total. The van der Waals surface area contributed by atoms with E-state index in [9.17, 15) is 9.59 Å². The van der Waals surface area contributed by atoms with E-state index in [4.69, 9.17) is 5.73 Å². The number of piperidine rings is 1. The highest BCUT2D eigenvalue weighted by Crippen LogP contribution is 2.37. The second-order valence-corrected chi connectivity index (χ2v) is 6.22. The summed E-state index contributed by atoms with van der Waals surface area (Å²) in [6.07, 6.45) is 6.89. The minimum Gasteiger partial charge on any atom is -0.368 e. The molecular weight excluding hydrogens is 254 g/mol. The number of carbonyl (C=O) groups is 2. The number of nitrogens with one attached hydrogen (secondary N) is 1. The van der Waals surface area contributed by atoms with Gasteiger partial charge in [-0.25, -0.2) is 0 Å². The molecule has 1 aliphatic carbocycles. The zero-order valence-corrected chi connectivity index (χ0v) is 12.5. The Bertz CT molecular complexity index is 358. The Hall–Kier alpha value is -1.10. The molecule has 0 aromatic rings. The SMILES string of the molecule is CCC1(C(=O)N(CC(N)=O)C2CCCC2)CCNCC1. The first-order valence-corrected chi connectivity index (χ1v) is 7.89. The minimum atomic E-state index is -0.398. The minimum absolute atomic E-state index is 0.0820. The number of carbonyl (C=O) groups excluding carboxylic acids is 2. The van der Waals surface area contributed by atoms with Crippen LogP contribution in [0.25, 0.3) is 0 Å². The smallest absolute Gasteiger partial charge is 0.237 e. The van der Waals surface area contributed by atoms with E-state index in [0.717, 1.165) is 58.0 Å². The molecule has 2 aliphatic rings. The predicted molar refractivity (Wildman–Crippen MR) is 78.0 cm³/mol. The standard InChI is InChI=1S/C15H27N3O2/c1-2-15(7-9-17-10-8-15)14(20)18(11-13(16)19)12-5-3-4-6-12/h12,17H,2-11H2,1H3,(H2,16,19). The number of amides is 2. The summed E-state index contributed by atoms with van der Waals surface area (Å²) < 4.78 is 0. The molecule has 5 nitrogen and oxygen atoms in total. The van der Waals surface area contributed by atoms with E-state index >= 15 is 0 Å². The van der Waals surface area contributed by atoms with Gasteiger partial charge in [-0.1, -0.05) is 19.8 Å². The maximum atomic E-state index is 13.1. The molecule has 0 unspecified atom stereocenters. The average Bonchev–Trinajstić information content (AvgIpc) is 2.98. The summed E-state index contributed by atoms with van der Waals surface area (Å²) in [5.41, 5.74) is 5.08. The molecule has 0 radical (unpaired) electrons. The highest BCUT2D eigenvalue weighted by Gasteiger charge is 2.43. The molecule has 1 aliphatic heterocycles. The Morgan fingerprint density at radius 3 is 2.35 bits per heavy atom. The molecule has 1 saturated carbocycles. The number of hydrogen-bond acceptors (Lipinski definition) is 3. The van der Waals surface area contributed by atoms with Gasteiger partial charge in [0.25, 0.3) is 0 Å². The molecule has 2 rings (SSSR count). The van der Waals surface area contributed by atoms with Crippen molar-refractivity contribution in [2.75, 3.05) is 19.6 Å². The Labute approximate surface area is 121 Å². The topological polar surface area (TPSA) is 75.4 Å². The third kappa shape index (κ3) is 3.14. The summed E-state index contributed by atoms with van der Waals surface area (Å²) in [5.74, 6) is -0.238. The van der Waals surface area contributed by atoms with Gasteiger partial charge in [0, 0.05) is 6.04 Å². The molecule has 0 aromatic heterocycles. The van der Waals surface area contributed by atoms with E-state index < -0.39 is 5.91 Å². The van der Waals surface area contributed by atoms with Crippen LogP contribution in [0, 0.1) is 5.41 Å². The van der Waals surface area contributed by atoms with Crippen molar-refractivity contribution in [1.29, 1.82) is 0 Å². The zero-order valence-electron chi connectivity index (χ0n) is 12.5. The van der Waals surface area contributed by atoms with E-state index in [1.54, 1.807) is 4.90 Å². The monoisotopic (exact) mass is 281 g/mol. The van der Waals surface area contributed by atoms with Gasteiger partial charge in [0.2, 0.25) is 11.8 Å². The van der Waals surface area contributed by atoms with Crippen LogP contribution in [0.5, 0.6) is 0 Å². The number of hydrogen-bond donors (Lipinski definition) is 2. The van der Waals surface area contributed by atoms with Gasteiger partial charge in [-0.15, -0.1) is 0 Å². The zero-order chi connectivity index (χ0) is 14.6. The fourth-order valence-corrected chi connectivity index (χ4v) is 3.68. The Morgan fingerprint density at radius 2 is 1.85 bits per heavy atom. The predicted octanol–water partition coefficient (Wildman–Crippen LogP) is 1.02. The average molecular weight is 281 g/mol. The van der Waals surface area contributed by atoms with Crippen LogP contribution in [0.4, 0.5) is 0 Å². The molecule has 5 heteroatoms. The molecule has 0 aromatic carbocycles. The summed E-state index contributed by atoms with van der Waals surface area (Å²) in [4.78, 5) is 26.2. The summed E-state index contributed by atoms with van der Waals surface area (Å²) in [5, 5.41) is 3.32. The van der Waals surface area contributed by atoms with Gasteiger partial charge in [0.05, 0.1) is 12.0 Å². The van der Waals surface area contributed by atoms with Gasteiger partial charge in [0.1, 0.15) is 0 Å². The number of rotatable bonds is 5. The summed E-state index contributed by atoms with van der Waals surface area (Å²) in [6, 6.07) is 0.216. The lowest BCUT2D eigenvalue weighted by Gasteiger charge is -2.41. The molecular formula is C15H27N3O2. The third-order valence-corrected chi connectivity index (χ3v) is 5.04. The molecule has 0 atom stereocenters. The second-order valence-electron chi connectivity index (χ2n) is 6.22. The highest BCUT2D eigenvalue weighted by atomic mass is 16.2. The van der Waals surface area contributed by atoms with Gasteiger partial charge in [-0.05, 0) is 45.2 Å². The molecule has 1 heterocycles. The Balaban J connectivity index is 2.17. The maximum absolute atomic E-state index is 13.1. The number of nitrogens with zero attached hydrogens (tertiary/aromatic N) is 1. The van der Waals surface area contributed by atoms with Crippen molar-refractivity contribution < 1.29 is 9.59 Å². The Morgan fingerprint density at radius 1 is 1.25 bits per heavy atom. The van der Waals surface area contributed by atoms with Crippen LogP contribution >= 0.6 is 0 Å². The van der Waals surface area contributed by atoms with Crippen molar-refractivity contribution in [3.63, 3.8) is 0 Å². The first kappa shape index (κ1) is 15.3. The largest absolute Gasteiger partial charge is 0.368 e. The van der Waals surface area contributed by atoms with Crippen LogP contribution in [-0.4, -0.2) is 42.4 Å². The van der Waals surface area contributed by atoms with E-state index in [1.807, 2.05) is 0 Å². The lowest BCUT2D eigenvalue weighted by molar-refractivity contribution is -0.149. The van der Waals surface area contributed by atoms with E-state index in [-0.39, 0.29) is 23.9 Å². The molecule has 0 bridgehead atoms. The molecule has 114 valence electrons. The fraction of sp³-hybridized carbons (Fsp3) is 0.867. The molecule has 2 amide bonds. The van der Waals surface area contributed by atoms with Crippen LogP contribution in [0.1, 0.15) is 51.9 Å². The van der Waals surface area contributed by atoms with Crippen molar-refractivity contribution in [3.05, 3.63) is 0 Å². The first-order valence-electron chi connectivity index (χ1n) is 7.89. The van der Waals surface area contributed by atoms with Crippen molar-refractivity contribution in [2.24, 2.45) is 11.1 Å². The molecule has 20 heavy (non-hydrogen) atoms. The fourth-order valence-electron chi connectivity index (χ4n) is 3.68. The van der Waals surface area contributed by atoms with Crippen molar-refractivity contribution in [2.45, 2.75) is 57.9 Å². The van der Waals surface area contributed by atoms with Gasteiger partial charge >= 0.3 is 0 Å². The lowest BCUT2D eigenvalue weighted by atomic mass is 9.75. The van der Waals surface area contributed by atoms with Gasteiger partial charge in [-0.3, -0.25) is 9.59 Å². The van der Waals surface area contributed by atoms with Gasteiger partial charge < -0.3 is 16.0 Å². The van der Waals surface area contributed by atoms with E-state index in [0.29, 0.717) is 0 Å². The molecule has 1 saturated heterocycles. The first-order chi connectivity index (χ1) is 9.59. The van der Waals surface area contributed by atoms with Crippen LogP contribution in [-0.2, 0) is 9.59 Å². The van der Waals surface area contributed by atoms with Crippen LogP contribution in [0.15, 0.2) is 0 Å². The van der Waals surface area contributed by atoms with Crippen molar-refractivity contribution in [1.82, 2.24) is 10.2 Å². The summed E-state index contributed by atoms with van der Waals surface area (Å²) in [7, 11) is 0. The summed E-state index contributed by atoms with van der Waals surface area (Å²) >= 11 is 0. The molecule has 0 spiro atoms. The Kier molecular flexibility index (Phi) is 5.02. The second kappa shape index (κ2) is 6.57. The molecule has 2 fully saturated rings. The van der Waals surface area contributed by atoms with E-state index in [1.165, 1.54) is 0 Å².